The van der Waals surface area contributed by atoms with E-state index in [0.29, 0.717) is 64.1 Å². The molecule has 1 saturated carbocycles. The zero-order chi connectivity index (χ0) is 25.8. The number of piperidine rings is 1. The Bertz CT molecular complexity index is 947. The number of hydrogen-bond acceptors (Lipinski definition) is 6. The minimum absolute atomic E-state index is 0. The number of piperazine rings is 1. The SMILES string of the molecule is CCCCN1C(=O)[C@@H](CC2(O)CCCCC2)NC(=O)C12CCN(Cc1ccc(NC(C)=O)nc1)CC2.Cl.Cl. The summed E-state index contributed by atoms with van der Waals surface area (Å²) < 4.78 is 0. The molecule has 2 aliphatic heterocycles. The predicted octanol–water partition coefficient (Wildman–Crippen LogP) is 3.43. The van der Waals surface area contributed by atoms with Gasteiger partial charge < -0.3 is 20.6 Å². The Morgan fingerprint density at radius 2 is 1.82 bits per heavy atom. The molecule has 0 unspecified atom stereocenters. The van der Waals surface area contributed by atoms with Gasteiger partial charge in [-0.3, -0.25) is 19.3 Å². The van der Waals surface area contributed by atoms with Crippen molar-refractivity contribution in [3.05, 3.63) is 23.9 Å². The number of amides is 3. The number of carbonyl (C=O) groups is 3. The molecule has 1 aliphatic carbocycles. The number of aromatic nitrogens is 1. The van der Waals surface area contributed by atoms with E-state index >= 15 is 0 Å². The summed E-state index contributed by atoms with van der Waals surface area (Å²) in [5, 5.41) is 16.8. The summed E-state index contributed by atoms with van der Waals surface area (Å²) in [7, 11) is 0. The van der Waals surface area contributed by atoms with Crippen molar-refractivity contribution in [2.45, 2.75) is 102 Å². The molecule has 3 amide bonds. The lowest BCUT2D eigenvalue weighted by atomic mass is 9.77. The van der Waals surface area contributed by atoms with Gasteiger partial charge in [-0.1, -0.05) is 38.7 Å². The van der Waals surface area contributed by atoms with E-state index in [0.717, 1.165) is 37.7 Å². The highest BCUT2D eigenvalue weighted by Crippen LogP contribution is 2.37. The first-order chi connectivity index (χ1) is 17.2. The first kappa shape index (κ1) is 32.3. The fourth-order valence-electron chi connectivity index (χ4n) is 6.06. The van der Waals surface area contributed by atoms with Crippen LogP contribution in [0.2, 0.25) is 0 Å². The maximum Gasteiger partial charge on any atom is 0.246 e. The molecule has 11 heteroatoms. The van der Waals surface area contributed by atoms with Crippen LogP contribution in [0.4, 0.5) is 5.82 Å². The second kappa shape index (κ2) is 13.9. The first-order valence-electron chi connectivity index (χ1n) is 13.5. The zero-order valence-electron chi connectivity index (χ0n) is 22.5. The third-order valence-electron chi connectivity index (χ3n) is 8.13. The van der Waals surface area contributed by atoms with Crippen molar-refractivity contribution in [2.75, 3.05) is 25.0 Å². The monoisotopic (exact) mass is 571 g/mol. The van der Waals surface area contributed by atoms with E-state index in [1.807, 2.05) is 11.0 Å². The van der Waals surface area contributed by atoms with Crippen LogP contribution < -0.4 is 10.6 Å². The van der Waals surface area contributed by atoms with Gasteiger partial charge in [-0.2, -0.15) is 0 Å². The van der Waals surface area contributed by atoms with Crippen molar-refractivity contribution in [3.63, 3.8) is 0 Å². The fraction of sp³-hybridized carbons (Fsp3) is 0.704. The summed E-state index contributed by atoms with van der Waals surface area (Å²) in [5.74, 6) is 0.275. The lowest BCUT2D eigenvalue weighted by Crippen LogP contribution is -2.73. The minimum atomic E-state index is -0.861. The Balaban J connectivity index is 0.00000253. The zero-order valence-corrected chi connectivity index (χ0v) is 24.2. The second-order valence-corrected chi connectivity index (χ2v) is 10.9. The van der Waals surface area contributed by atoms with E-state index in [1.54, 1.807) is 12.3 Å². The average Bonchev–Trinajstić information content (AvgIpc) is 2.85. The molecule has 1 spiro atoms. The largest absolute Gasteiger partial charge is 0.390 e. The van der Waals surface area contributed by atoms with Gasteiger partial charge in [0.15, 0.2) is 0 Å². The summed E-state index contributed by atoms with van der Waals surface area (Å²) in [6.07, 6.45) is 9.50. The van der Waals surface area contributed by atoms with Crippen molar-refractivity contribution < 1.29 is 19.5 Å². The van der Waals surface area contributed by atoms with Gasteiger partial charge in [0, 0.05) is 45.7 Å². The molecule has 1 aromatic heterocycles. The summed E-state index contributed by atoms with van der Waals surface area (Å²) in [6, 6.07) is 3.10. The third kappa shape index (κ3) is 7.37. The van der Waals surface area contributed by atoms with E-state index in [-0.39, 0.29) is 42.5 Å². The Labute approximate surface area is 238 Å². The smallest absolute Gasteiger partial charge is 0.246 e. The van der Waals surface area contributed by atoms with Gasteiger partial charge in [-0.15, -0.1) is 24.8 Å². The van der Waals surface area contributed by atoms with Crippen LogP contribution in [-0.4, -0.2) is 74.4 Å². The molecule has 0 bridgehead atoms. The van der Waals surface area contributed by atoms with Crippen LogP contribution in [0.15, 0.2) is 18.3 Å². The molecule has 9 nitrogen and oxygen atoms in total. The predicted molar refractivity (Wildman–Crippen MR) is 151 cm³/mol. The third-order valence-corrected chi connectivity index (χ3v) is 8.13. The number of likely N-dealkylation sites (tertiary alicyclic amines) is 1. The van der Waals surface area contributed by atoms with Crippen molar-refractivity contribution in [2.24, 2.45) is 0 Å². The van der Waals surface area contributed by atoms with Crippen molar-refractivity contribution in [1.82, 2.24) is 20.1 Å². The van der Waals surface area contributed by atoms with Crippen LogP contribution in [0.1, 0.15) is 83.6 Å². The molecule has 3 fully saturated rings. The van der Waals surface area contributed by atoms with E-state index in [9.17, 15) is 19.5 Å². The maximum atomic E-state index is 13.7. The Hall–Kier alpha value is -1.94. The quantitative estimate of drug-likeness (QED) is 0.440. The highest BCUT2D eigenvalue weighted by Gasteiger charge is 2.54. The lowest BCUT2D eigenvalue weighted by molar-refractivity contribution is -0.163. The molecule has 2 saturated heterocycles. The number of hydrogen-bond donors (Lipinski definition) is 3. The van der Waals surface area contributed by atoms with Crippen LogP contribution in [0.5, 0.6) is 0 Å². The molecular formula is C27H43Cl2N5O4. The molecule has 3 aliphatic rings. The van der Waals surface area contributed by atoms with E-state index in [2.05, 4.69) is 27.4 Å². The van der Waals surface area contributed by atoms with E-state index in [1.165, 1.54) is 6.92 Å². The number of nitrogens with zero attached hydrogens (tertiary/aromatic N) is 3. The number of aliphatic hydroxyl groups is 1. The van der Waals surface area contributed by atoms with Crippen molar-refractivity contribution in [3.8, 4) is 0 Å². The second-order valence-electron chi connectivity index (χ2n) is 10.9. The number of unbranched alkanes of at least 4 members (excludes halogenated alkanes) is 1. The van der Waals surface area contributed by atoms with Gasteiger partial charge in [0.1, 0.15) is 17.4 Å². The van der Waals surface area contributed by atoms with Crippen LogP contribution in [0.25, 0.3) is 0 Å². The number of halogens is 2. The summed E-state index contributed by atoms with van der Waals surface area (Å²) in [5.41, 5.74) is -0.644. The van der Waals surface area contributed by atoms with Crippen molar-refractivity contribution in [1.29, 1.82) is 0 Å². The van der Waals surface area contributed by atoms with Crippen LogP contribution >= 0.6 is 24.8 Å². The number of nitrogens with one attached hydrogen (secondary N) is 2. The lowest BCUT2D eigenvalue weighted by Gasteiger charge is -2.52. The van der Waals surface area contributed by atoms with Crippen molar-refractivity contribution >= 4 is 48.4 Å². The first-order valence-corrected chi connectivity index (χ1v) is 13.5. The highest BCUT2D eigenvalue weighted by atomic mass is 35.5. The minimum Gasteiger partial charge on any atom is -0.390 e. The average molecular weight is 573 g/mol. The molecule has 3 heterocycles. The van der Waals surface area contributed by atoms with Gasteiger partial charge in [-0.05, 0) is 43.7 Å². The molecule has 214 valence electrons. The Morgan fingerprint density at radius 1 is 1.13 bits per heavy atom. The molecule has 4 rings (SSSR count). The van der Waals surface area contributed by atoms with Gasteiger partial charge in [0.25, 0.3) is 0 Å². The molecule has 3 N–H and O–H groups in total. The number of rotatable bonds is 8. The Morgan fingerprint density at radius 3 is 2.39 bits per heavy atom. The highest BCUT2D eigenvalue weighted by molar-refractivity contribution is 6.00. The summed E-state index contributed by atoms with van der Waals surface area (Å²) in [6.45, 7) is 6.22. The molecule has 0 aromatic carbocycles. The van der Waals surface area contributed by atoms with Gasteiger partial charge in [-0.25, -0.2) is 4.98 Å². The molecule has 1 aromatic rings. The maximum absolute atomic E-state index is 13.7. The van der Waals surface area contributed by atoms with E-state index < -0.39 is 17.2 Å². The Kier molecular flexibility index (Phi) is 11.8. The molecule has 0 radical (unpaired) electrons. The van der Waals surface area contributed by atoms with E-state index in [4.69, 9.17) is 0 Å². The standard InChI is InChI=1S/C27H41N5O4.2ClH/c1-3-4-14-32-24(34)22(17-26(36)10-6-5-7-11-26)30-25(35)27(32)12-15-31(16-13-27)19-21-8-9-23(28-18-21)29-20(2)33;;/h8-9,18,22,36H,3-7,10-17,19H2,1-2H3,(H,30,35)(H,28,29,33);2*1H/t22-;;/m1../s1. The topological polar surface area (TPSA) is 115 Å². The molecular weight excluding hydrogens is 529 g/mol. The molecule has 38 heavy (non-hydrogen) atoms. The normalized spacial score (nSPS) is 22.7. The fourth-order valence-corrected chi connectivity index (χ4v) is 6.06. The summed E-state index contributed by atoms with van der Waals surface area (Å²) in [4.78, 5) is 46.9. The number of carbonyl (C=O) groups excluding carboxylic acids is 3. The summed E-state index contributed by atoms with van der Waals surface area (Å²) >= 11 is 0. The van der Waals surface area contributed by atoms with Crippen LogP contribution in [0, 0.1) is 0 Å². The molecule has 1 atom stereocenters. The number of pyridine rings is 1. The number of anilines is 1. The van der Waals surface area contributed by atoms with Crippen LogP contribution in [0.3, 0.4) is 0 Å². The van der Waals surface area contributed by atoms with Gasteiger partial charge >= 0.3 is 0 Å². The van der Waals surface area contributed by atoms with Gasteiger partial charge in [0.05, 0.1) is 5.60 Å². The van der Waals surface area contributed by atoms with Crippen LogP contribution in [-0.2, 0) is 20.9 Å². The van der Waals surface area contributed by atoms with Gasteiger partial charge in [0.2, 0.25) is 17.7 Å².